The summed E-state index contributed by atoms with van der Waals surface area (Å²) >= 11 is 0. The normalized spacial score (nSPS) is 14.7. The van der Waals surface area contributed by atoms with Crippen LogP contribution in [0.2, 0.25) is 0 Å². The number of fused-ring (bicyclic) bond motifs is 1. The number of aliphatic hydroxyl groups excluding tert-OH is 1. The van der Waals surface area contributed by atoms with E-state index >= 15 is 0 Å². The lowest BCUT2D eigenvalue weighted by atomic mass is 9.99. The number of carbonyl (C=O) groups excluding carboxylic acids is 1. The van der Waals surface area contributed by atoms with Crippen molar-refractivity contribution in [3.63, 3.8) is 0 Å². The number of piperidine rings is 1. The molecule has 1 fully saturated rings. The van der Waals surface area contributed by atoms with Gasteiger partial charge in [-0.2, -0.15) is 0 Å². The van der Waals surface area contributed by atoms with Crippen LogP contribution >= 0.6 is 0 Å². The molecule has 0 bridgehead atoms. The van der Waals surface area contributed by atoms with E-state index in [9.17, 15) is 14.3 Å². The number of pyridine rings is 1. The third-order valence-corrected chi connectivity index (χ3v) is 6.02. The van der Waals surface area contributed by atoms with Gasteiger partial charge in [0.25, 0.3) is 0 Å². The van der Waals surface area contributed by atoms with Gasteiger partial charge in [-0.3, -0.25) is 5.32 Å². The van der Waals surface area contributed by atoms with Gasteiger partial charge in [-0.25, -0.2) is 24.1 Å². The number of ether oxygens (including phenoxy) is 1. The molecule has 37 heavy (non-hydrogen) atoms. The molecule has 0 atom stereocenters. The summed E-state index contributed by atoms with van der Waals surface area (Å²) in [7, 11) is 0. The number of halogens is 1. The van der Waals surface area contributed by atoms with E-state index in [1.807, 2.05) is 0 Å². The predicted molar refractivity (Wildman–Crippen MR) is 138 cm³/mol. The van der Waals surface area contributed by atoms with E-state index in [-0.39, 0.29) is 11.9 Å². The van der Waals surface area contributed by atoms with Crippen LogP contribution in [0.15, 0.2) is 53.3 Å². The summed E-state index contributed by atoms with van der Waals surface area (Å²) in [6.45, 7) is 6.63. The monoisotopic (exact) mass is 505 g/mol. The lowest BCUT2D eigenvalue weighted by molar-refractivity contribution is 0.0635. The summed E-state index contributed by atoms with van der Waals surface area (Å²) in [6.07, 6.45) is 3.38. The van der Waals surface area contributed by atoms with Gasteiger partial charge in [0.05, 0.1) is 11.5 Å². The average molecular weight is 506 g/mol. The van der Waals surface area contributed by atoms with Crippen molar-refractivity contribution in [1.29, 1.82) is 0 Å². The van der Waals surface area contributed by atoms with E-state index in [2.05, 4.69) is 25.2 Å². The van der Waals surface area contributed by atoms with Crippen LogP contribution < -0.4 is 10.2 Å². The fourth-order valence-electron chi connectivity index (χ4n) is 4.34. The number of furan rings is 1. The first-order valence-corrected chi connectivity index (χ1v) is 12.1. The van der Waals surface area contributed by atoms with E-state index in [4.69, 9.17) is 9.15 Å². The smallest absolute Gasteiger partial charge is 0.413 e. The number of nitrogens with zero attached hydrogens (tertiary/aromatic N) is 4. The van der Waals surface area contributed by atoms with Gasteiger partial charge in [0, 0.05) is 30.4 Å². The Morgan fingerprint density at radius 1 is 1.08 bits per heavy atom. The SMILES string of the molecule is CC(C)(C)OC(=O)Nc1ccc(-c2oc3ncnc(N4CCC(O)CC4)c3c2-c2ccc(F)cc2)cn1. The Morgan fingerprint density at radius 3 is 2.43 bits per heavy atom. The lowest BCUT2D eigenvalue weighted by Crippen LogP contribution is -2.36. The van der Waals surface area contributed by atoms with Crippen molar-refractivity contribution in [3.05, 3.63) is 54.7 Å². The molecule has 0 aliphatic carbocycles. The fraction of sp³-hybridized carbons (Fsp3) is 0.333. The number of aromatic nitrogens is 3. The van der Waals surface area contributed by atoms with Gasteiger partial charge >= 0.3 is 6.09 Å². The number of hydrogen-bond donors (Lipinski definition) is 2. The minimum atomic E-state index is -0.631. The highest BCUT2D eigenvalue weighted by Gasteiger charge is 2.27. The molecule has 4 heterocycles. The van der Waals surface area contributed by atoms with Gasteiger partial charge in [0.2, 0.25) is 5.71 Å². The minimum Gasteiger partial charge on any atom is -0.444 e. The zero-order valence-corrected chi connectivity index (χ0v) is 20.9. The van der Waals surface area contributed by atoms with Gasteiger partial charge in [0.1, 0.15) is 35.1 Å². The maximum atomic E-state index is 13.8. The first-order chi connectivity index (χ1) is 17.7. The molecule has 0 saturated carbocycles. The number of hydrogen-bond acceptors (Lipinski definition) is 8. The molecule has 1 aliphatic rings. The molecule has 10 heteroatoms. The molecule has 1 amide bonds. The standard InChI is InChI=1S/C27H28FN5O4/c1-27(2,3)37-26(35)32-20-9-6-17(14-29-20)23-21(16-4-7-18(28)8-5-16)22-24(30-15-31-25(22)36-23)33-12-10-19(34)11-13-33/h4-9,14-15,19,34H,10-13H2,1-3H3,(H,29,32,35). The van der Waals surface area contributed by atoms with Gasteiger partial charge in [-0.1, -0.05) is 12.1 Å². The van der Waals surface area contributed by atoms with Crippen LogP contribution in [0.5, 0.6) is 0 Å². The fourth-order valence-corrected chi connectivity index (χ4v) is 4.34. The second-order valence-corrected chi connectivity index (χ2v) is 9.97. The molecular formula is C27H28FN5O4. The molecule has 2 N–H and O–H groups in total. The van der Waals surface area contributed by atoms with Crippen molar-refractivity contribution in [2.45, 2.75) is 45.3 Å². The van der Waals surface area contributed by atoms with Crippen LogP contribution in [0.3, 0.4) is 0 Å². The summed E-state index contributed by atoms with van der Waals surface area (Å²) < 4.78 is 25.3. The molecular weight excluding hydrogens is 477 g/mol. The highest BCUT2D eigenvalue weighted by atomic mass is 19.1. The highest BCUT2D eigenvalue weighted by molar-refractivity contribution is 6.06. The zero-order chi connectivity index (χ0) is 26.2. The van der Waals surface area contributed by atoms with Crippen LogP contribution in [0, 0.1) is 5.82 Å². The van der Waals surface area contributed by atoms with E-state index in [1.165, 1.54) is 18.5 Å². The van der Waals surface area contributed by atoms with Crippen molar-refractivity contribution in [2.24, 2.45) is 0 Å². The first-order valence-electron chi connectivity index (χ1n) is 12.1. The van der Waals surface area contributed by atoms with Gasteiger partial charge in [0.15, 0.2) is 0 Å². The van der Waals surface area contributed by atoms with Crippen LogP contribution in [-0.2, 0) is 4.74 Å². The second kappa shape index (κ2) is 9.78. The molecule has 4 aromatic rings. The van der Waals surface area contributed by atoms with Crippen molar-refractivity contribution in [1.82, 2.24) is 15.0 Å². The summed E-state index contributed by atoms with van der Waals surface area (Å²) in [5, 5.41) is 13.3. The summed E-state index contributed by atoms with van der Waals surface area (Å²) in [4.78, 5) is 27.5. The number of rotatable bonds is 4. The molecule has 0 spiro atoms. The highest BCUT2D eigenvalue weighted by Crippen LogP contribution is 2.43. The minimum absolute atomic E-state index is 0.324. The Morgan fingerprint density at radius 2 is 1.78 bits per heavy atom. The number of amides is 1. The maximum Gasteiger partial charge on any atom is 0.413 e. The number of aliphatic hydroxyl groups is 1. The molecule has 192 valence electrons. The van der Waals surface area contributed by atoms with Gasteiger partial charge < -0.3 is 19.2 Å². The average Bonchev–Trinajstić information content (AvgIpc) is 3.24. The lowest BCUT2D eigenvalue weighted by Gasteiger charge is -2.30. The summed E-state index contributed by atoms with van der Waals surface area (Å²) in [5.41, 5.74) is 1.85. The first kappa shape index (κ1) is 24.6. The molecule has 1 aliphatic heterocycles. The predicted octanol–water partition coefficient (Wildman–Crippen LogP) is 5.40. The third kappa shape index (κ3) is 5.39. The Kier molecular flexibility index (Phi) is 6.51. The molecule has 0 radical (unpaired) electrons. The molecule has 1 saturated heterocycles. The third-order valence-electron chi connectivity index (χ3n) is 6.02. The van der Waals surface area contributed by atoms with E-state index in [1.54, 1.807) is 51.2 Å². The van der Waals surface area contributed by atoms with E-state index in [0.29, 0.717) is 65.6 Å². The van der Waals surface area contributed by atoms with Crippen molar-refractivity contribution in [3.8, 4) is 22.5 Å². The van der Waals surface area contributed by atoms with Crippen LogP contribution in [0.25, 0.3) is 33.6 Å². The van der Waals surface area contributed by atoms with Gasteiger partial charge in [-0.05, 0) is 63.4 Å². The quantitative estimate of drug-likeness (QED) is 0.379. The Labute approximate surface area is 213 Å². The van der Waals surface area contributed by atoms with E-state index in [0.717, 1.165) is 5.56 Å². The zero-order valence-electron chi connectivity index (χ0n) is 20.9. The molecule has 3 aromatic heterocycles. The molecule has 9 nitrogen and oxygen atoms in total. The maximum absolute atomic E-state index is 13.8. The van der Waals surface area contributed by atoms with Crippen LogP contribution in [0.1, 0.15) is 33.6 Å². The topological polar surface area (TPSA) is 114 Å². The van der Waals surface area contributed by atoms with Crippen molar-refractivity contribution < 1.29 is 23.4 Å². The van der Waals surface area contributed by atoms with E-state index < -0.39 is 11.7 Å². The van der Waals surface area contributed by atoms with Gasteiger partial charge in [-0.15, -0.1) is 0 Å². The number of anilines is 2. The Bertz CT molecular complexity index is 1410. The largest absolute Gasteiger partial charge is 0.444 e. The second-order valence-electron chi connectivity index (χ2n) is 9.97. The van der Waals surface area contributed by atoms with Crippen LogP contribution in [-0.4, -0.2) is 50.9 Å². The Hall–Kier alpha value is -4.05. The molecule has 5 rings (SSSR count). The molecule has 0 unspecified atom stereocenters. The number of nitrogens with one attached hydrogen (secondary N) is 1. The number of carbonyl (C=O) groups is 1. The van der Waals surface area contributed by atoms with Crippen molar-refractivity contribution >= 4 is 28.8 Å². The Balaban J connectivity index is 1.57. The molecule has 1 aromatic carbocycles. The van der Waals surface area contributed by atoms with Crippen molar-refractivity contribution in [2.75, 3.05) is 23.3 Å². The summed E-state index contributed by atoms with van der Waals surface area (Å²) in [6, 6.07) is 9.58. The number of benzene rings is 1. The van der Waals surface area contributed by atoms with Crippen LogP contribution in [0.4, 0.5) is 20.8 Å². The summed E-state index contributed by atoms with van der Waals surface area (Å²) in [5.74, 6) is 1.17.